The summed E-state index contributed by atoms with van der Waals surface area (Å²) >= 11 is 0. The molecule has 0 radical (unpaired) electrons. The number of carbonyl (C=O) groups excluding carboxylic acids is 1. The van der Waals surface area contributed by atoms with Crippen molar-refractivity contribution in [2.75, 3.05) is 19.4 Å². The lowest BCUT2D eigenvalue weighted by atomic mass is 9.94. The molecule has 5 heteroatoms. The molecule has 1 unspecified atom stereocenters. The summed E-state index contributed by atoms with van der Waals surface area (Å²) in [6.07, 6.45) is 0.673. The molecule has 0 fully saturated rings. The predicted octanol–water partition coefficient (Wildman–Crippen LogP) is 2.66. The van der Waals surface area contributed by atoms with Crippen LogP contribution < -0.4 is 0 Å². The number of rotatable bonds is 8. The summed E-state index contributed by atoms with van der Waals surface area (Å²) in [5, 5.41) is 0. The summed E-state index contributed by atoms with van der Waals surface area (Å²) in [6, 6.07) is 0. The van der Waals surface area contributed by atoms with Crippen LogP contribution in [0.4, 0.5) is 0 Å². The lowest BCUT2D eigenvalue weighted by Crippen LogP contribution is -2.46. The lowest BCUT2D eigenvalue weighted by Gasteiger charge is -2.30. The van der Waals surface area contributed by atoms with Crippen LogP contribution in [0.3, 0.4) is 0 Å². The predicted molar refractivity (Wildman–Crippen MR) is 62.9 cm³/mol. The molecule has 0 aromatic carbocycles. The van der Waals surface area contributed by atoms with Gasteiger partial charge in [-0.3, -0.25) is 4.57 Å². The Morgan fingerprint density at radius 2 is 1.94 bits per heavy atom. The Bertz CT molecular complexity index is 230. The largest absolute Gasteiger partial charge is 0.464 e. The normalized spacial score (nSPS) is 15.1. The van der Waals surface area contributed by atoms with E-state index in [-0.39, 0.29) is 20.5 Å². The molecular weight excluding hydrogens is 227 g/mol. The summed E-state index contributed by atoms with van der Waals surface area (Å²) in [6.45, 7) is 8.26. The van der Waals surface area contributed by atoms with E-state index in [1.54, 1.807) is 6.92 Å². The fourth-order valence-electron chi connectivity index (χ4n) is 1.68. The topological polar surface area (TPSA) is 52.6 Å². The molecule has 1 atom stereocenters. The van der Waals surface area contributed by atoms with Crippen molar-refractivity contribution in [2.24, 2.45) is 5.92 Å². The Hall–Kier alpha value is -0.470. The molecule has 0 spiro atoms. The lowest BCUT2D eigenvalue weighted by molar-refractivity contribution is -0.170. The van der Waals surface area contributed by atoms with Gasteiger partial charge < -0.3 is 9.47 Å². The van der Waals surface area contributed by atoms with Gasteiger partial charge in [0.25, 0.3) is 0 Å². The van der Waals surface area contributed by atoms with Crippen molar-refractivity contribution in [1.29, 1.82) is 0 Å². The van der Waals surface area contributed by atoms with Crippen molar-refractivity contribution < 1.29 is 18.8 Å². The zero-order valence-electron chi connectivity index (χ0n) is 10.5. The van der Waals surface area contributed by atoms with Crippen molar-refractivity contribution in [3.63, 3.8) is 0 Å². The molecule has 0 aliphatic carbocycles. The summed E-state index contributed by atoms with van der Waals surface area (Å²) in [4.78, 5) is 11.9. The number of hydrogen-bond acceptors (Lipinski definition) is 4. The molecule has 94 valence electrons. The Morgan fingerprint density at radius 3 is 2.31 bits per heavy atom. The summed E-state index contributed by atoms with van der Waals surface area (Å²) in [5.74, 6) is -0.133. The van der Waals surface area contributed by atoms with E-state index in [0.29, 0.717) is 19.6 Å². The molecule has 0 aliphatic rings. The molecule has 0 N–H and O–H groups in total. The molecule has 0 aromatic heterocycles. The van der Waals surface area contributed by atoms with Crippen LogP contribution in [0, 0.1) is 5.92 Å². The quantitative estimate of drug-likeness (QED) is 0.489. The van der Waals surface area contributed by atoms with Gasteiger partial charge in [-0.15, -0.1) is 0 Å². The van der Waals surface area contributed by atoms with E-state index in [9.17, 15) is 9.36 Å². The van der Waals surface area contributed by atoms with Crippen molar-refractivity contribution in [3.8, 4) is 0 Å². The Balaban J connectivity index is 4.89. The maximum absolute atomic E-state index is 11.9. The third-order valence-electron chi connectivity index (χ3n) is 2.13. The first kappa shape index (κ1) is 15.5. The highest BCUT2D eigenvalue weighted by Gasteiger charge is 2.41. The van der Waals surface area contributed by atoms with Crippen LogP contribution in [0.5, 0.6) is 0 Å². The molecule has 0 aromatic rings. The average Bonchev–Trinajstić information content (AvgIpc) is 2.17. The van der Waals surface area contributed by atoms with Gasteiger partial charge in [0.05, 0.1) is 12.8 Å². The van der Waals surface area contributed by atoms with Gasteiger partial charge in [-0.25, -0.2) is 4.79 Å². The summed E-state index contributed by atoms with van der Waals surface area (Å²) in [5.41, 5.74) is -1.05. The highest BCUT2D eigenvalue weighted by atomic mass is 31.1. The third kappa shape index (κ3) is 4.58. The Kier molecular flexibility index (Phi) is 7.52. The monoisotopic (exact) mass is 248 g/mol. The Morgan fingerprint density at radius 1 is 1.31 bits per heavy atom. The van der Waals surface area contributed by atoms with Crippen molar-refractivity contribution in [3.05, 3.63) is 0 Å². The smallest absolute Gasteiger partial charge is 0.339 e. The van der Waals surface area contributed by atoms with Crippen LogP contribution in [-0.4, -0.2) is 30.9 Å². The average molecular weight is 248 g/mol. The van der Waals surface area contributed by atoms with Gasteiger partial charge in [-0.05, 0) is 26.2 Å². The standard InChI is InChI=1S/C11H21O4P/c1-5-14-10(12)11(8-16-13,15-6-2)7-9(3)4/h9H,5-8H2,1-4H3. The van der Waals surface area contributed by atoms with Crippen LogP contribution in [0.2, 0.25) is 0 Å². The second kappa shape index (κ2) is 7.75. The maximum Gasteiger partial charge on any atom is 0.339 e. The van der Waals surface area contributed by atoms with E-state index in [2.05, 4.69) is 0 Å². The number of esters is 1. The van der Waals surface area contributed by atoms with Gasteiger partial charge in [0, 0.05) is 6.61 Å². The molecule has 0 aliphatic heterocycles. The molecule has 0 saturated carbocycles. The van der Waals surface area contributed by atoms with Gasteiger partial charge in [0.1, 0.15) is 0 Å². The minimum absolute atomic E-state index is 0.0956. The molecule has 0 bridgehead atoms. The minimum atomic E-state index is -1.05. The molecule has 4 nitrogen and oxygen atoms in total. The zero-order chi connectivity index (χ0) is 12.6. The highest BCUT2D eigenvalue weighted by molar-refractivity contribution is 7.23. The molecular formula is C11H21O4P. The summed E-state index contributed by atoms with van der Waals surface area (Å²) in [7, 11) is -0.0956. The first-order chi connectivity index (χ1) is 7.52. The van der Waals surface area contributed by atoms with Crippen molar-refractivity contribution >= 4 is 14.4 Å². The van der Waals surface area contributed by atoms with Gasteiger partial charge in [0.2, 0.25) is 0 Å². The molecule has 0 amide bonds. The van der Waals surface area contributed by atoms with Gasteiger partial charge >= 0.3 is 5.97 Å². The van der Waals surface area contributed by atoms with E-state index >= 15 is 0 Å². The highest BCUT2D eigenvalue weighted by Crippen LogP contribution is 2.27. The third-order valence-corrected chi connectivity index (χ3v) is 2.77. The first-order valence-electron chi connectivity index (χ1n) is 5.62. The minimum Gasteiger partial charge on any atom is -0.464 e. The number of hydrogen-bond donors (Lipinski definition) is 0. The first-order valence-corrected chi connectivity index (χ1v) is 6.62. The van der Waals surface area contributed by atoms with Crippen LogP contribution in [0.25, 0.3) is 0 Å². The van der Waals surface area contributed by atoms with Gasteiger partial charge in [-0.2, -0.15) is 0 Å². The maximum atomic E-state index is 11.9. The Labute approximate surface area is 98.9 Å². The van der Waals surface area contributed by atoms with Crippen LogP contribution in [0.1, 0.15) is 34.1 Å². The number of ether oxygens (including phenoxy) is 2. The van der Waals surface area contributed by atoms with Gasteiger partial charge in [0.15, 0.2) is 14.1 Å². The summed E-state index contributed by atoms with van der Waals surface area (Å²) < 4.78 is 21.3. The van der Waals surface area contributed by atoms with Crippen LogP contribution in [-0.2, 0) is 18.8 Å². The van der Waals surface area contributed by atoms with E-state index in [0.717, 1.165) is 0 Å². The van der Waals surface area contributed by atoms with E-state index in [4.69, 9.17) is 9.47 Å². The van der Waals surface area contributed by atoms with Crippen molar-refractivity contribution in [2.45, 2.75) is 39.7 Å². The molecule has 0 saturated heterocycles. The number of carbonyl (C=O) groups is 1. The van der Waals surface area contributed by atoms with Crippen LogP contribution >= 0.6 is 8.46 Å². The molecule has 0 heterocycles. The molecule has 16 heavy (non-hydrogen) atoms. The van der Waals surface area contributed by atoms with E-state index in [1.807, 2.05) is 20.8 Å². The van der Waals surface area contributed by atoms with E-state index < -0.39 is 11.6 Å². The van der Waals surface area contributed by atoms with E-state index in [1.165, 1.54) is 0 Å². The second-order valence-electron chi connectivity index (χ2n) is 4.03. The fraction of sp³-hybridized carbons (Fsp3) is 0.909. The zero-order valence-corrected chi connectivity index (χ0v) is 11.4. The molecule has 0 rings (SSSR count). The fourth-order valence-corrected chi connectivity index (χ4v) is 2.24. The van der Waals surface area contributed by atoms with Gasteiger partial charge in [-0.1, -0.05) is 13.8 Å². The van der Waals surface area contributed by atoms with Crippen LogP contribution in [0.15, 0.2) is 0 Å². The SMILES string of the molecule is CCOC(=O)C(CP=O)(CC(C)C)OCC. The van der Waals surface area contributed by atoms with Crippen molar-refractivity contribution in [1.82, 2.24) is 0 Å². The second-order valence-corrected chi connectivity index (χ2v) is 4.61.